The van der Waals surface area contributed by atoms with Crippen molar-refractivity contribution in [2.45, 2.75) is 38.9 Å². The lowest BCUT2D eigenvalue weighted by molar-refractivity contribution is -0.128. The van der Waals surface area contributed by atoms with Gasteiger partial charge in [-0.25, -0.2) is 9.31 Å². The number of nitrogens with zero attached hydrogens (tertiary/aromatic N) is 5. The molecule has 1 amide bonds. The molecule has 2 fully saturated rings. The van der Waals surface area contributed by atoms with Crippen LogP contribution in [0.4, 0.5) is 5.69 Å². The first-order chi connectivity index (χ1) is 16.4. The Hall–Kier alpha value is -3.30. The number of pyridine rings is 1. The molecule has 0 saturated carbocycles. The van der Waals surface area contributed by atoms with Gasteiger partial charge in [0.1, 0.15) is 6.61 Å². The van der Waals surface area contributed by atoms with Crippen LogP contribution in [0.2, 0.25) is 0 Å². The molecule has 6 rings (SSSR count). The van der Waals surface area contributed by atoms with Crippen molar-refractivity contribution in [3.05, 3.63) is 58.9 Å². The van der Waals surface area contributed by atoms with Gasteiger partial charge >= 0.3 is 5.97 Å². The topological polar surface area (TPSA) is 100 Å². The predicted octanol–water partition coefficient (Wildman–Crippen LogP) is 2.26. The molecule has 3 aliphatic heterocycles. The quantitative estimate of drug-likeness (QED) is 0.595. The summed E-state index contributed by atoms with van der Waals surface area (Å²) in [7, 11) is 0. The Balaban J connectivity index is 1.11. The van der Waals surface area contributed by atoms with Crippen LogP contribution in [0.15, 0.2) is 36.7 Å². The largest absolute Gasteiger partial charge is 0.457 e. The number of anilines is 1. The number of β-amino-alcohol motifs (C(OH)–C–C–N with tert-alkyl or cyclic N) is 1. The van der Waals surface area contributed by atoms with E-state index in [-0.39, 0.29) is 23.9 Å². The van der Waals surface area contributed by atoms with Gasteiger partial charge in [0.05, 0.1) is 28.8 Å². The third kappa shape index (κ3) is 3.30. The van der Waals surface area contributed by atoms with Crippen LogP contribution < -0.4 is 4.90 Å². The molecule has 1 unspecified atom stereocenters. The number of amides is 1. The summed E-state index contributed by atoms with van der Waals surface area (Å²) in [6.07, 6.45) is 5.30. The van der Waals surface area contributed by atoms with Gasteiger partial charge in [-0.2, -0.15) is 0 Å². The van der Waals surface area contributed by atoms with E-state index in [0.717, 1.165) is 60.2 Å². The minimum Gasteiger partial charge on any atom is -0.457 e. The highest BCUT2D eigenvalue weighted by Gasteiger charge is 2.48. The van der Waals surface area contributed by atoms with Crippen molar-refractivity contribution in [2.24, 2.45) is 5.41 Å². The third-order valence-corrected chi connectivity index (χ3v) is 7.92. The minimum absolute atomic E-state index is 0.198. The van der Waals surface area contributed by atoms with Crippen LogP contribution in [0, 0.1) is 12.3 Å². The number of benzene rings is 1. The molecule has 3 aromatic rings. The molecule has 2 saturated heterocycles. The zero-order chi connectivity index (χ0) is 23.4. The van der Waals surface area contributed by atoms with Gasteiger partial charge in [-0.3, -0.25) is 4.79 Å². The fraction of sp³-hybridized carbons (Fsp3) is 0.440. The van der Waals surface area contributed by atoms with Crippen LogP contribution in [-0.2, 0) is 16.1 Å². The van der Waals surface area contributed by atoms with Crippen molar-refractivity contribution in [3.8, 4) is 0 Å². The van der Waals surface area contributed by atoms with E-state index < -0.39 is 6.10 Å². The second-order valence-electron chi connectivity index (χ2n) is 9.67. The van der Waals surface area contributed by atoms with Crippen molar-refractivity contribution in [1.82, 2.24) is 19.7 Å². The number of esters is 1. The molecule has 9 nitrogen and oxygen atoms in total. The maximum atomic E-state index is 13.5. The lowest BCUT2D eigenvalue weighted by Gasteiger charge is -2.38. The molecular formula is C25H27N5O4. The number of aliphatic hydroxyl groups excluding tert-OH is 1. The van der Waals surface area contributed by atoms with Crippen LogP contribution in [0.3, 0.4) is 0 Å². The number of carbonyl (C=O) groups excluding carboxylic acids is 2. The highest BCUT2D eigenvalue weighted by molar-refractivity contribution is 6.00. The molecule has 9 heteroatoms. The molecule has 5 heterocycles. The number of hydrogen-bond donors (Lipinski definition) is 1. The summed E-state index contributed by atoms with van der Waals surface area (Å²) in [5.41, 5.74) is 4.67. The van der Waals surface area contributed by atoms with E-state index in [2.05, 4.69) is 15.2 Å². The normalized spacial score (nSPS) is 20.8. The number of cyclic esters (lactones) is 1. The number of rotatable bonds is 4. The SMILES string of the molecule is Cc1c(C(O)CN2CCC3(CC2)CCN(c2ccn4nncc4c2)C3=O)ccc2c1COC2=O. The Bertz CT molecular complexity index is 1290. The Kier molecular flexibility index (Phi) is 4.93. The van der Waals surface area contributed by atoms with Crippen LogP contribution >= 0.6 is 0 Å². The number of likely N-dealkylation sites (tertiary alicyclic amines) is 1. The third-order valence-electron chi connectivity index (χ3n) is 7.92. The van der Waals surface area contributed by atoms with Gasteiger partial charge < -0.3 is 19.6 Å². The fourth-order valence-electron chi connectivity index (χ4n) is 5.75. The summed E-state index contributed by atoms with van der Waals surface area (Å²) in [4.78, 5) is 29.4. The van der Waals surface area contributed by atoms with E-state index >= 15 is 0 Å². The molecule has 3 aliphatic rings. The van der Waals surface area contributed by atoms with E-state index in [4.69, 9.17) is 4.74 Å². The molecule has 176 valence electrons. The highest BCUT2D eigenvalue weighted by Crippen LogP contribution is 2.43. The second-order valence-corrected chi connectivity index (χ2v) is 9.67. The van der Waals surface area contributed by atoms with E-state index in [0.29, 0.717) is 18.7 Å². The summed E-state index contributed by atoms with van der Waals surface area (Å²) in [6.45, 7) is 4.98. The fourth-order valence-corrected chi connectivity index (χ4v) is 5.75. The summed E-state index contributed by atoms with van der Waals surface area (Å²) in [6, 6.07) is 7.47. The van der Waals surface area contributed by atoms with Crippen molar-refractivity contribution in [1.29, 1.82) is 0 Å². The number of ether oxygens (including phenoxy) is 1. The van der Waals surface area contributed by atoms with Crippen LogP contribution in [0.1, 0.15) is 52.4 Å². The number of hydrogen-bond acceptors (Lipinski definition) is 7. The van der Waals surface area contributed by atoms with Crippen molar-refractivity contribution in [2.75, 3.05) is 31.1 Å². The monoisotopic (exact) mass is 461 g/mol. The van der Waals surface area contributed by atoms with Gasteiger partial charge in [0.15, 0.2) is 0 Å². The molecule has 1 N–H and O–H groups in total. The van der Waals surface area contributed by atoms with Crippen LogP contribution in [0.5, 0.6) is 0 Å². The summed E-state index contributed by atoms with van der Waals surface area (Å²) >= 11 is 0. The Labute approximate surface area is 196 Å². The predicted molar refractivity (Wildman–Crippen MR) is 123 cm³/mol. The molecule has 1 atom stereocenters. The van der Waals surface area contributed by atoms with Crippen molar-refractivity contribution < 1.29 is 19.4 Å². The Morgan fingerprint density at radius 2 is 1.94 bits per heavy atom. The number of aromatic nitrogens is 3. The number of fused-ring (bicyclic) bond motifs is 2. The average molecular weight is 462 g/mol. The Morgan fingerprint density at radius 1 is 1.15 bits per heavy atom. The molecule has 1 spiro atoms. The molecule has 0 bridgehead atoms. The maximum Gasteiger partial charge on any atom is 0.338 e. The first-order valence-corrected chi connectivity index (χ1v) is 11.8. The smallest absolute Gasteiger partial charge is 0.338 e. The zero-order valence-corrected chi connectivity index (χ0v) is 19.1. The standard InChI is InChI=1S/C25H27N5O4/c1-16-19(2-3-20-21(16)15-34-23(20)32)22(31)14-28-9-5-25(6-10-28)7-11-29(24(25)33)17-4-8-30-18(12-17)13-26-27-30/h2-4,8,12-13,22,31H,5-7,9-11,14-15H2,1H3. The Morgan fingerprint density at radius 3 is 2.76 bits per heavy atom. The lowest BCUT2D eigenvalue weighted by atomic mass is 9.77. The van der Waals surface area contributed by atoms with Crippen LogP contribution in [-0.4, -0.2) is 62.9 Å². The summed E-state index contributed by atoms with van der Waals surface area (Å²) in [5, 5.41) is 18.9. The zero-order valence-electron chi connectivity index (χ0n) is 19.1. The van der Waals surface area contributed by atoms with Crippen molar-refractivity contribution in [3.63, 3.8) is 0 Å². The molecule has 2 aromatic heterocycles. The first-order valence-electron chi connectivity index (χ1n) is 11.8. The minimum atomic E-state index is -0.651. The molecular weight excluding hydrogens is 434 g/mol. The van der Waals surface area contributed by atoms with E-state index in [9.17, 15) is 14.7 Å². The van der Waals surface area contributed by atoms with E-state index in [1.165, 1.54) is 0 Å². The number of carbonyl (C=O) groups is 2. The van der Waals surface area contributed by atoms with E-state index in [1.54, 1.807) is 16.8 Å². The molecule has 34 heavy (non-hydrogen) atoms. The molecule has 0 aliphatic carbocycles. The van der Waals surface area contributed by atoms with Crippen molar-refractivity contribution >= 4 is 23.1 Å². The lowest BCUT2D eigenvalue weighted by Crippen LogP contribution is -2.45. The highest BCUT2D eigenvalue weighted by atomic mass is 16.5. The maximum absolute atomic E-state index is 13.5. The van der Waals surface area contributed by atoms with Gasteiger partial charge in [0, 0.05) is 30.5 Å². The molecule has 1 aromatic carbocycles. The first kappa shape index (κ1) is 21.2. The van der Waals surface area contributed by atoms with E-state index in [1.807, 2.05) is 36.2 Å². The van der Waals surface area contributed by atoms with Gasteiger partial charge in [-0.15, -0.1) is 5.10 Å². The summed E-state index contributed by atoms with van der Waals surface area (Å²) < 4.78 is 6.83. The number of piperidine rings is 1. The molecule has 0 radical (unpaired) electrons. The van der Waals surface area contributed by atoms with Crippen LogP contribution in [0.25, 0.3) is 5.52 Å². The summed E-state index contributed by atoms with van der Waals surface area (Å²) in [5.74, 6) is -0.0961. The van der Waals surface area contributed by atoms with Gasteiger partial charge in [0.25, 0.3) is 0 Å². The number of aliphatic hydroxyl groups is 1. The van der Waals surface area contributed by atoms with Gasteiger partial charge in [-0.1, -0.05) is 11.3 Å². The van der Waals surface area contributed by atoms with Gasteiger partial charge in [0.2, 0.25) is 5.91 Å². The average Bonchev–Trinajstić information content (AvgIpc) is 3.54. The second kappa shape index (κ2) is 7.89. The van der Waals surface area contributed by atoms with Gasteiger partial charge in [-0.05, 0) is 68.6 Å².